The maximum Gasteiger partial charge on any atom is 0.327 e. The Labute approximate surface area is 83.1 Å². The lowest BCUT2D eigenvalue weighted by molar-refractivity contribution is -0.140. The molecule has 0 aromatic rings. The zero-order valence-corrected chi connectivity index (χ0v) is 8.47. The quantitative estimate of drug-likeness (QED) is 0.625. The average molecular weight is 225 g/mol. The Morgan fingerprint density at radius 2 is 2.14 bits per heavy atom. The van der Waals surface area contributed by atoms with Gasteiger partial charge in [0.15, 0.2) is 0 Å². The number of halogens is 1. The zero-order valence-electron chi connectivity index (χ0n) is 7.66. The number of carboxylic acid groups (broad SMARTS) is 1. The molecule has 7 heteroatoms. The number of carbonyl (C=O) groups excluding carboxylic acids is 1. The van der Waals surface area contributed by atoms with Crippen molar-refractivity contribution in [3.63, 3.8) is 0 Å². The second-order valence-corrected chi connectivity index (χ2v) is 4.21. The van der Waals surface area contributed by atoms with Crippen molar-refractivity contribution in [3.8, 4) is 0 Å². The minimum absolute atomic E-state index is 0.205. The fourth-order valence-electron chi connectivity index (χ4n) is 0.775. The van der Waals surface area contributed by atoms with Gasteiger partial charge in [-0.2, -0.15) is 0 Å². The molecule has 0 spiro atoms. The van der Waals surface area contributed by atoms with Crippen LogP contribution in [0, 0.1) is 0 Å². The Bertz CT molecular complexity index is 246. The van der Waals surface area contributed by atoms with Crippen molar-refractivity contribution in [2.24, 2.45) is 0 Å². The van der Waals surface area contributed by atoms with Gasteiger partial charge in [-0.15, -0.1) is 0 Å². The topological polar surface area (TPSA) is 83.5 Å². The third-order valence-electron chi connectivity index (χ3n) is 1.33. The first kappa shape index (κ1) is 13.0. The largest absolute Gasteiger partial charge is 0.480 e. The third-order valence-corrected chi connectivity index (χ3v) is 2.65. The monoisotopic (exact) mass is 225 g/mol. The summed E-state index contributed by atoms with van der Waals surface area (Å²) in [6.07, 6.45) is 0. The molecule has 0 aromatic carbocycles. The summed E-state index contributed by atoms with van der Waals surface area (Å²) in [6, 6.07) is -1.21. The molecule has 2 atom stereocenters. The summed E-state index contributed by atoms with van der Waals surface area (Å²) in [7, 11) is -1.56. The number of alkyl halides is 1. The third kappa shape index (κ3) is 5.63. The highest BCUT2D eigenvalue weighted by molar-refractivity contribution is 7.85. The summed E-state index contributed by atoms with van der Waals surface area (Å²) in [5.41, 5.74) is 0. The van der Waals surface area contributed by atoms with E-state index in [2.05, 4.69) is 5.32 Å². The van der Waals surface area contributed by atoms with Gasteiger partial charge in [-0.3, -0.25) is 13.4 Å². The van der Waals surface area contributed by atoms with Crippen LogP contribution in [0.2, 0.25) is 0 Å². The van der Waals surface area contributed by atoms with Crippen LogP contribution in [0.1, 0.15) is 6.92 Å². The molecule has 0 aromatic heterocycles. The van der Waals surface area contributed by atoms with Crippen molar-refractivity contribution in [2.45, 2.75) is 13.0 Å². The molecule has 0 aliphatic heterocycles. The van der Waals surface area contributed by atoms with E-state index in [-0.39, 0.29) is 11.5 Å². The second-order valence-electron chi connectivity index (χ2n) is 2.59. The van der Waals surface area contributed by atoms with Gasteiger partial charge in [0.1, 0.15) is 12.7 Å². The van der Waals surface area contributed by atoms with Crippen molar-refractivity contribution in [3.05, 3.63) is 0 Å². The zero-order chi connectivity index (χ0) is 11.1. The van der Waals surface area contributed by atoms with E-state index < -0.39 is 35.4 Å². The van der Waals surface area contributed by atoms with Gasteiger partial charge in [0.25, 0.3) is 0 Å². The molecule has 1 amide bonds. The number of hydrogen-bond donors (Lipinski definition) is 2. The van der Waals surface area contributed by atoms with Gasteiger partial charge in [0.2, 0.25) is 5.91 Å². The summed E-state index contributed by atoms with van der Waals surface area (Å²) in [4.78, 5) is 21.1. The van der Waals surface area contributed by atoms with Crippen molar-refractivity contribution in [1.82, 2.24) is 5.32 Å². The van der Waals surface area contributed by atoms with Gasteiger partial charge in [0.05, 0.1) is 11.5 Å². The standard InChI is InChI=1S/C7H12FNO4S/c1-5(10)9-6(7(11)12)4-14(13)3-2-8/h6H,2-4H2,1H3,(H,9,10)(H,11,12)/t6-,14?/m0/s1. The van der Waals surface area contributed by atoms with Gasteiger partial charge in [-0.25, -0.2) is 4.79 Å². The summed E-state index contributed by atoms with van der Waals surface area (Å²) in [5.74, 6) is -2.26. The van der Waals surface area contributed by atoms with Crippen LogP contribution in [0.5, 0.6) is 0 Å². The molecule has 82 valence electrons. The van der Waals surface area contributed by atoms with Crippen molar-refractivity contribution < 1.29 is 23.3 Å². The van der Waals surface area contributed by atoms with Gasteiger partial charge in [0, 0.05) is 17.7 Å². The van der Waals surface area contributed by atoms with Crippen LogP contribution < -0.4 is 5.32 Å². The Balaban J connectivity index is 4.16. The van der Waals surface area contributed by atoms with Crippen molar-refractivity contribution >= 4 is 22.7 Å². The number of aliphatic carboxylic acids is 1. The number of carbonyl (C=O) groups is 2. The van der Waals surface area contributed by atoms with Crippen LogP contribution in [0.4, 0.5) is 4.39 Å². The van der Waals surface area contributed by atoms with Gasteiger partial charge >= 0.3 is 5.97 Å². The first-order chi connectivity index (χ1) is 6.47. The molecule has 1 unspecified atom stereocenters. The van der Waals surface area contributed by atoms with E-state index in [0.29, 0.717) is 0 Å². The predicted octanol–water partition coefficient (Wildman–Crippen LogP) is -0.706. The van der Waals surface area contributed by atoms with Crippen LogP contribution in [-0.4, -0.2) is 45.4 Å². The Kier molecular flexibility index (Phi) is 6.02. The van der Waals surface area contributed by atoms with E-state index in [9.17, 15) is 18.2 Å². The highest BCUT2D eigenvalue weighted by Crippen LogP contribution is 1.92. The predicted molar refractivity (Wildman–Crippen MR) is 49.1 cm³/mol. The van der Waals surface area contributed by atoms with Crippen molar-refractivity contribution in [1.29, 1.82) is 0 Å². The van der Waals surface area contributed by atoms with Crippen LogP contribution in [0.15, 0.2) is 0 Å². The number of rotatable bonds is 6. The number of hydrogen-bond acceptors (Lipinski definition) is 3. The number of carboxylic acids is 1. The molecular formula is C7H12FNO4S. The van der Waals surface area contributed by atoms with E-state index in [4.69, 9.17) is 5.11 Å². The molecule has 14 heavy (non-hydrogen) atoms. The van der Waals surface area contributed by atoms with Gasteiger partial charge in [-0.05, 0) is 0 Å². The Hall–Kier alpha value is -0.980. The van der Waals surface area contributed by atoms with Crippen LogP contribution in [0.3, 0.4) is 0 Å². The molecule has 0 aliphatic carbocycles. The summed E-state index contributed by atoms with van der Waals surface area (Å²) < 4.78 is 22.7. The maximum absolute atomic E-state index is 11.7. The van der Waals surface area contributed by atoms with E-state index in [0.717, 1.165) is 6.92 Å². The SMILES string of the molecule is CC(=O)N[C@@H](CS(=O)CCF)C(=O)O. The molecule has 0 bridgehead atoms. The Morgan fingerprint density at radius 3 is 2.50 bits per heavy atom. The van der Waals surface area contributed by atoms with E-state index in [1.54, 1.807) is 0 Å². The lowest BCUT2D eigenvalue weighted by Gasteiger charge is -2.11. The first-order valence-corrected chi connectivity index (χ1v) is 5.37. The molecule has 0 radical (unpaired) electrons. The lowest BCUT2D eigenvalue weighted by atomic mass is 10.3. The highest BCUT2D eigenvalue weighted by Gasteiger charge is 2.20. The smallest absolute Gasteiger partial charge is 0.327 e. The number of amides is 1. The molecular weight excluding hydrogens is 213 g/mol. The first-order valence-electron chi connectivity index (χ1n) is 3.88. The van der Waals surface area contributed by atoms with Gasteiger partial charge in [-0.1, -0.05) is 0 Å². The minimum atomic E-state index is -1.56. The van der Waals surface area contributed by atoms with Crippen molar-refractivity contribution in [2.75, 3.05) is 18.2 Å². The molecule has 0 rings (SSSR count). The van der Waals surface area contributed by atoms with Crippen LogP contribution in [0.25, 0.3) is 0 Å². The highest BCUT2D eigenvalue weighted by atomic mass is 32.2. The van der Waals surface area contributed by atoms with Crippen LogP contribution in [-0.2, 0) is 20.4 Å². The lowest BCUT2D eigenvalue weighted by Crippen LogP contribution is -2.43. The summed E-state index contributed by atoms with van der Waals surface area (Å²) in [5, 5.41) is 10.7. The molecule has 2 N–H and O–H groups in total. The average Bonchev–Trinajstić information content (AvgIpc) is 2.02. The molecule has 0 fully saturated rings. The molecule has 0 saturated carbocycles. The maximum atomic E-state index is 11.7. The van der Waals surface area contributed by atoms with E-state index in [1.807, 2.05) is 0 Å². The molecule has 0 heterocycles. The normalized spacial score (nSPS) is 14.4. The summed E-state index contributed by atoms with van der Waals surface area (Å²) >= 11 is 0. The number of nitrogens with one attached hydrogen (secondary N) is 1. The summed E-state index contributed by atoms with van der Waals surface area (Å²) in [6.45, 7) is 0.396. The molecule has 0 saturated heterocycles. The Morgan fingerprint density at radius 1 is 1.57 bits per heavy atom. The fourth-order valence-corrected chi connectivity index (χ4v) is 1.71. The van der Waals surface area contributed by atoms with E-state index in [1.165, 1.54) is 0 Å². The molecule has 0 aliphatic rings. The second kappa shape index (κ2) is 6.47. The van der Waals surface area contributed by atoms with E-state index >= 15 is 0 Å². The van der Waals surface area contributed by atoms with Gasteiger partial charge < -0.3 is 10.4 Å². The van der Waals surface area contributed by atoms with Crippen LogP contribution >= 0.6 is 0 Å². The minimum Gasteiger partial charge on any atom is -0.480 e. The molecule has 5 nitrogen and oxygen atoms in total. The fraction of sp³-hybridized carbons (Fsp3) is 0.714.